The third-order valence-corrected chi connectivity index (χ3v) is 3.58. The number of benzene rings is 1. The van der Waals surface area contributed by atoms with Crippen LogP contribution in [0.5, 0.6) is 0 Å². The third kappa shape index (κ3) is 3.45. The second-order valence-corrected chi connectivity index (χ2v) is 5.30. The van der Waals surface area contributed by atoms with Crippen LogP contribution in [0.15, 0.2) is 30.5 Å². The lowest BCUT2D eigenvalue weighted by molar-refractivity contribution is 0.0459. The van der Waals surface area contributed by atoms with Gasteiger partial charge in [-0.2, -0.15) is 0 Å². The Morgan fingerprint density at radius 3 is 2.57 bits per heavy atom. The lowest BCUT2D eigenvalue weighted by Gasteiger charge is -2.11. The molecule has 2 rings (SSSR count). The van der Waals surface area contributed by atoms with Gasteiger partial charge in [0.2, 0.25) is 0 Å². The van der Waals surface area contributed by atoms with Crippen LogP contribution in [-0.4, -0.2) is 10.5 Å². The molecule has 0 aliphatic rings. The van der Waals surface area contributed by atoms with Crippen LogP contribution in [0.2, 0.25) is 0 Å². The Morgan fingerprint density at radius 2 is 1.95 bits per heavy atom. The lowest BCUT2D eigenvalue weighted by Crippen LogP contribution is -2.12. The predicted molar refractivity (Wildman–Crippen MR) is 84.2 cm³/mol. The number of carbonyl (C=O) groups is 1. The van der Waals surface area contributed by atoms with Gasteiger partial charge in [0, 0.05) is 12.7 Å². The van der Waals surface area contributed by atoms with Gasteiger partial charge in [0.25, 0.3) is 0 Å². The number of nitrogens with two attached hydrogens (primary N) is 1. The van der Waals surface area contributed by atoms with Gasteiger partial charge in [-0.25, -0.2) is 4.79 Å². The summed E-state index contributed by atoms with van der Waals surface area (Å²) < 4.78 is 7.31. The number of nitrogens with zero attached hydrogens (tertiary/aromatic N) is 1. The number of rotatable bonds is 5. The van der Waals surface area contributed by atoms with E-state index in [9.17, 15) is 4.79 Å². The molecule has 0 aliphatic heterocycles. The summed E-state index contributed by atoms with van der Waals surface area (Å²) in [4.78, 5) is 12.3. The maximum absolute atomic E-state index is 12.3. The molecule has 1 aromatic heterocycles. The standard InChI is InChI=1S/C17H22N2O2/c1-4-8-19-10-14(18)9-16(19)17(20)21-11-15-12(2)6-5-7-13(15)3/h5-7,9-10H,4,8,11,18H2,1-3H3. The first-order chi connectivity index (χ1) is 10.0. The minimum absolute atomic E-state index is 0.286. The van der Waals surface area contributed by atoms with Crippen molar-refractivity contribution in [1.29, 1.82) is 0 Å². The van der Waals surface area contributed by atoms with Gasteiger partial charge < -0.3 is 15.0 Å². The molecule has 0 atom stereocenters. The van der Waals surface area contributed by atoms with Crippen molar-refractivity contribution in [2.75, 3.05) is 5.73 Å². The summed E-state index contributed by atoms with van der Waals surface area (Å²) in [6.45, 7) is 7.14. The maximum Gasteiger partial charge on any atom is 0.355 e. The van der Waals surface area contributed by atoms with Crippen molar-refractivity contribution in [1.82, 2.24) is 4.57 Å². The van der Waals surface area contributed by atoms with Crippen LogP contribution in [-0.2, 0) is 17.9 Å². The van der Waals surface area contributed by atoms with Crippen LogP contribution >= 0.6 is 0 Å². The van der Waals surface area contributed by atoms with Gasteiger partial charge >= 0.3 is 5.97 Å². The van der Waals surface area contributed by atoms with E-state index in [1.165, 1.54) is 0 Å². The van der Waals surface area contributed by atoms with E-state index in [1.807, 2.05) is 36.6 Å². The van der Waals surface area contributed by atoms with Crippen LogP contribution in [0.1, 0.15) is 40.5 Å². The molecule has 0 saturated carbocycles. The summed E-state index contributed by atoms with van der Waals surface area (Å²) in [5, 5.41) is 0. The Morgan fingerprint density at radius 1 is 1.29 bits per heavy atom. The van der Waals surface area contributed by atoms with Crippen molar-refractivity contribution in [2.24, 2.45) is 0 Å². The fourth-order valence-corrected chi connectivity index (χ4v) is 2.42. The molecular weight excluding hydrogens is 264 g/mol. The molecule has 1 heterocycles. The summed E-state index contributed by atoms with van der Waals surface area (Å²) >= 11 is 0. The summed E-state index contributed by atoms with van der Waals surface area (Å²) in [5.41, 5.74) is 10.2. The SMILES string of the molecule is CCCn1cc(N)cc1C(=O)OCc1c(C)cccc1C. The third-order valence-electron chi connectivity index (χ3n) is 3.58. The molecule has 2 N–H and O–H groups in total. The fourth-order valence-electron chi connectivity index (χ4n) is 2.42. The van der Waals surface area contributed by atoms with Crippen LogP contribution in [0.4, 0.5) is 5.69 Å². The fraction of sp³-hybridized carbons (Fsp3) is 0.353. The van der Waals surface area contributed by atoms with E-state index in [0.717, 1.165) is 29.7 Å². The second-order valence-electron chi connectivity index (χ2n) is 5.30. The number of hydrogen-bond donors (Lipinski definition) is 1. The Kier molecular flexibility index (Phi) is 4.68. The van der Waals surface area contributed by atoms with Gasteiger partial charge in [-0.15, -0.1) is 0 Å². The molecule has 2 aromatic rings. The van der Waals surface area contributed by atoms with Crippen LogP contribution in [0.3, 0.4) is 0 Å². The number of aryl methyl sites for hydroxylation is 3. The molecule has 1 aromatic carbocycles. The zero-order valence-corrected chi connectivity index (χ0v) is 12.8. The summed E-state index contributed by atoms with van der Waals surface area (Å²) in [5.74, 6) is -0.331. The first kappa shape index (κ1) is 15.2. The summed E-state index contributed by atoms with van der Waals surface area (Å²) in [6.07, 6.45) is 2.71. The number of nitrogen functional groups attached to an aromatic ring is 1. The van der Waals surface area contributed by atoms with E-state index >= 15 is 0 Å². The Bertz CT molecular complexity index is 624. The van der Waals surface area contributed by atoms with Crippen molar-refractivity contribution < 1.29 is 9.53 Å². The van der Waals surface area contributed by atoms with Gasteiger partial charge in [-0.3, -0.25) is 0 Å². The van der Waals surface area contributed by atoms with Gasteiger partial charge in [-0.05, 0) is 43.0 Å². The molecule has 0 fully saturated rings. The Hall–Kier alpha value is -2.23. The normalized spacial score (nSPS) is 10.6. The molecule has 4 nitrogen and oxygen atoms in total. The molecule has 112 valence electrons. The van der Waals surface area contributed by atoms with Crippen LogP contribution in [0.25, 0.3) is 0 Å². The number of ether oxygens (including phenoxy) is 1. The molecular formula is C17H22N2O2. The van der Waals surface area contributed by atoms with Crippen molar-refractivity contribution in [3.63, 3.8) is 0 Å². The number of carbonyl (C=O) groups excluding carboxylic acids is 1. The van der Waals surface area contributed by atoms with Crippen molar-refractivity contribution in [2.45, 2.75) is 40.3 Å². The highest BCUT2D eigenvalue weighted by Crippen LogP contribution is 2.17. The molecule has 4 heteroatoms. The molecule has 0 aliphatic carbocycles. The van der Waals surface area contributed by atoms with E-state index in [1.54, 1.807) is 12.3 Å². The highest BCUT2D eigenvalue weighted by atomic mass is 16.5. The first-order valence-corrected chi connectivity index (χ1v) is 7.20. The minimum atomic E-state index is -0.331. The van der Waals surface area contributed by atoms with Crippen molar-refractivity contribution in [3.8, 4) is 0 Å². The van der Waals surface area contributed by atoms with Crippen LogP contribution < -0.4 is 5.73 Å². The molecule has 0 amide bonds. The summed E-state index contributed by atoms with van der Waals surface area (Å²) in [6, 6.07) is 7.72. The van der Waals surface area contributed by atoms with Gasteiger partial charge in [0.15, 0.2) is 0 Å². The van der Waals surface area contributed by atoms with E-state index in [0.29, 0.717) is 11.4 Å². The Labute approximate surface area is 125 Å². The average Bonchev–Trinajstić information content (AvgIpc) is 2.79. The number of anilines is 1. The number of aromatic nitrogens is 1. The molecule has 0 saturated heterocycles. The molecule has 0 spiro atoms. The quantitative estimate of drug-likeness (QED) is 0.856. The molecule has 0 unspecified atom stereocenters. The number of esters is 1. The zero-order valence-electron chi connectivity index (χ0n) is 12.8. The van der Waals surface area contributed by atoms with Gasteiger partial charge in [-0.1, -0.05) is 25.1 Å². The molecule has 0 radical (unpaired) electrons. The average molecular weight is 286 g/mol. The van der Waals surface area contributed by atoms with E-state index in [2.05, 4.69) is 6.92 Å². The maximum atomic E-state index is 12.3. The highest BCUT2D eigenvalue weighted by molar-refractivity contribution is 5.89. The topological polar surface area (TPSA) is 57.2 Å². The second kappa shape index (κ2) is 6.48. The van der Waals surface area contributed by atoms with E-state index in [4.69, 9.17) is 10.5 Å². The van der Waals surface area contributed by atoms with Crippen LogP contribution in [0, 0.1) is 13.8 Å². The van der Waals surface area contributed by atoms with E-state index in [-0.39, 0.29) is 12.6 Å². The molecule has 0 bridgehead atoms. The molecule has 21 heavy (non-hydrogen) atoms. The zero-order chi connectivity index (χ0) is 15.4. The predicted octanol–water partition coefficient (Wildman–Crippen LogP) is 3.45. The first-order valence-electron chi connectivity index (χ1n) is 7.20. The van der Waals surface area contributed by atoms with Crippen molar-refractivity contribution in [3.05, 3.63) is 52.8 Å². The van der Waals surface area contributed by atoms with E-state index < -0.39 is 0 Å². The largest absolute Gasteiger partial charge is 0.456 e. The highest BCUT2D eigenvalue weighted by Gasteiger charge is 2.15. The Balaban J connectivity index is 2.12. The lowest BCUT2D eigenvalue weighted by atomic mass is 10.0. The smallest absolute Gasteiger partial charge is 0.355 e. The summed E-state index contributed by atoms with van der Waals surface area (Å²) in [7, 11) is 0. The van der Waals surface area contributed by atoms with Gasteiger partial charge in [0.05, 0.1) is 5.69 Å². The van der Waals surface area contributed by atoms with Crippen molar-refractivity contribution >= 4 is 11.7 Å². The number of hydrogen-bond acceptors (Lipinski definition) is 3. The van der Waals surface area contributed by atoms with Gasteiger partial charge in [0.1, 0.15) is 12.3 Å². The monoisotopic (exact) mass is 286 g/mol. The minimum Gasteiger partial charge on any atom is -0.456 e.